The molecule has 1 N–H and O–H groups in total. The van der Waals surface area contributed by atoms with Crippen LogP contribution in [0.25, 0.3) is 0 Å². The zero-order valence-corrected chi connectivity index (χ0v) is 12.7. The Morgan fingerprint density at radius 3 is 2.25 bits per heavy atom. The second-order valence-electron chi connectivity index (χ2n) is 5.99. The third-order valence-electron chi connectivity index (χ3n) is 4.49. The van der Waals surface area contributed by atoms with Crippen LogP contribution in [-0.4, -0.2) is 25.7 Å². The van der Waals surface area contributed by atoms with E-state index in [9.17, 15) is 4.79 Å². The number of nitrogens with one attached hydrogen (secondary N) is 1. The molecule has 1 aromatic carbocycles. The number of hydrogen-bond acceptors (Lipinski definition) is 4. The number of esters is 1. The molecule has 0 bridgehead atoms. The van der Waals surface area contributed by atoms with Gasteiger partial charge in [0.1, 0.15) is 11.3 Å². The van der Waals surface area contributed by atoms with E-state index in [1.807, 2.05) is 24.3 Å². The van der Waals surface area contributed by atoms with Crippen LogP contribution >= 0.6 is 0 Å². The van der Waals surface area contributed by atoms with Gasteiger partial charge in [-0.05, 0) is 48.9 Å². The summed E-state index contributed by atoms with van der Waals surface area (Å²) in [6, 6.07) is 7.63. The first-order valence-electron chi connectivity index (χ1n) is 6.96. The Labute approximate surface area is 120 Å². The maximum Gasteiger partial charge on any atom is 0.332 e. The van der Waals surface area contributed by atoms with Crippen LogP contribution < -0.4 is 10.1 Å². The van der Waals surface area contributed by atoms with Crippen molar-refractivity contribution < 1.29 is 14.3 Å². The van der Waals surface area contributed by atoms with Gasteiger partial charge >= 0.3 is 5.97 Å². The minimum absolute atomic E-state index is 0.139. The van der Waals surface area contributed by atoms with Crippen LogP contribution in [0.5, 0.6) is 5.75 Å². The average Bonchev–Trinajstić information content (AvgIpc) is 2.74. The Bertz CT molecular complexity index is 481. The van der Waals surface area contributed by atoms with Crippen molar-refractivity contribution >= 4 is 11.7 Å². The van der Waals surface area contributed by atoms with Gasteiger partial charge in [-0.15, -0.1) is 0 Å². The minimum Gasteiger partial charge on any atom is -0.497 e. The van der Waals surface area contributed by atoms with E-state index in [0.29, 0.717) is 0 Å². The van der Waals surface area contributed by atoms with Gasteiger partial charge in [0.15, 0.2) is 0 Å². The van der Waals surface area contributed by atoms with Gasteiger partial charge in [-0.1, -0.05) is 13.8 Å². The van der Waals surface area contributed by atoms with Gasteiger partial charge in [0.2, 0.25) is 0 Å². The van der Waals surface area contributed by atoms with Crippen LogP contribution in [0.3, 0.4) is 0 Å². The quantitative estimate of drug-likeness (QED) is 0.858. The number of hydrogen-bond donors (Lipinski definition) is 1. The third-order valence-corrected chi connectivity index (χ3v) is 4.49. The van der Waals surface area contributed by atoms with E-state index < -0.39 is 5.54 Å². The Balaban J connectivity index is 2.31. The molecule has 0 aromatic heterocycles. The Morgan fingerprint density at radius 1 is 1.15 bits per heavy atom. The number of ether oxygens (including phenoxy) is 2. The number of carbonyl (C=O) groups is 1. The molecule has 0 amide bonds. The molecule has 1 aromatic rings. The maximum absolute atomic E-state index is 12.4. The molecule has 1 unspecified atom stereocenters. The summed E-state index contributed by atoms with van der Waals surface area (Å²) < 4.78 is 10.2. The second kappa shape index (κ2) is 5.35. The topological polar surface area (TPSA) is 47.6 Å². The van der Waals surface area contributed by atoms with E-state index in [1.165, 1.54) is 7.11 Å². The van der Waals surface area contributed by atoms with E-state index in [1.54, 1.807) is 7.11 Å². The third kappa shape index (κ3) is 2.35. The minimum atomic E-state index is -0.656. The van der Waals surface area contributed by atoms with Crippen molar-refractivity contribution in [3.05, 3.63) is 24.3 Å². The van der Waals surface area contributed by atoms with E-state index in [0.717, 1.165) is 30.7 Å². The lowest BCUT2D eigenvalue weighted by atomic mass is 9.74. The van der Waals surface area contributed by atoms with Crippen LogP contribution in [0, 0.1) is 5.41 Å². The monoisotopic (exact) mass is 277 g/mol. The summed E-state index contributed by atoms with van der Waals surface area (Å²) in [5.41, 5.74) is 0.113. The molecule has 1 fully saturated rings. The van der Waals surface area contributed by atoms with Gasteiger partial charge in [-0.3, -0.25) is 0 Å². The summed E-state index contributed by atoms with van der Waals surface area (Å²) in [6.45, 7) is 4.24. The van der Waals surface area contributed by atoms with Crippen molar-refractivity contribution in [3.63, 3.8) is 0 Å². The maximum atomic E-state index is 12.4. The molecule has 4 heteroatoms. The van der Waals surface area contributed by atoms with Crippen LogP contribution in [0.4, 0.5) is 5.69 Å². The van der Waals surface area contributed by atoms with Gasteiger partial charge in [-0.25, -0.2) is 4.79 Å². The van der Waals surface area contributed by atoms with Crippen molar-refractivity contribution in [1.29, 1.82) is 0 Å². The Morgan fingerprint density at radius 2 is 1.80 bits per heavy atom. The van der Waals surface area contributed by atoms with Gasteiger partial charge in [-0.2, -0.15) is 0 Å². The van der Waals surface area contributed by atoms with Crippen LogP contribution in [0.2, 0.25) is 0 Å². The number of benzene rings is 1. The van der Waals surface area contributed by atoms with Crippen molar-refractivity contribution in [2.24, 2.45) is 5.41 Å². The molecule has 0 heterocycles. The SMILES string of the molecule is COC(=O)C1(Nc2ccc(OC)cc2)CCCC1(C)C. The zero-order valence-electron chi connectivity index (χ0n) is 12.7. The summed E-state index contributed by atoms with van der Waals surface area (Å²) in [7, 11) is 3.09. The van der Waals surface area contributed by atoms with E-state index in [-0.39, 0.29) is 11.4 Å². The van der Waals surface area contributed by atoms with Crippen LogP contribution in [0.1, 0.15) is 33.1 Å². The van der Waals surface area contributed by atoms with Gasteiger partial charge in [0, 0.05) is 5.69 Å². The smallest absolute Gasteiger partial charge is 0.332 e. The van der Waals surface area contributed by atoms with Crippen molar-refractivity contribution in [2.45, 2.75) is 38.6 Å². The lowest BCUT2D eigenvalue weighted by molar-refractivity contribution is -0.149. The number of anilines is 1. The molecule has 1 aliphatic rings. The Kier molecular flexibility index (Phi) is 3.93. The standard InChI is InChI=1S/C16H23NO3/c1-15(2)10-5-11-16(15,14(18)20-4)17-12-6-8-13(19-3)9-7-12/h6-9,17H,5,10-11H2,1-4H3. The molecule has 1 saturated carbocycles. The number of methoxy groups -OCH3 is 2. The summed E-state index contributed by atoms with van der Waals surface area (Å²) in [5.74, 6) is 0.615. The lowest BCUT2D eigenvalue weighted by Crippen LogP contribution is -2.54. The lowest BCUT2D eigenvalue weighted by Gasteiger charge is -2.40. The zero-order chi connectivity index (χ0) is 14.8. The van der Waals surface area contributed by atoms with Crippen molar-refractivity contribution in [3.8, 4) is 5.75 Å². The molecule has 0 saturated heterocycles. The average molecular weight is 277 g/mol. The normalized spacial score (nSPS) is 24.2. The van der Waals surface area contributed by atoms with Gasteiger partial charge < -0.3 is 14.8 Å². The Hall–Kier alpha value is -1.71. The molecule has 1 atom stereocenters. The summed E-state index contributed by atoms with van der Waals surface area (Å²) in [5, 5.41) is 3.42. The summed E-state index contributed by atoms with van der Waals surface area (Å²) in [4.78, 5) is 12.4. The van der Waals surface area contributed by atoms with Crippen molar-refractivity contribution in [2.75, 3.05) is 19.5 Å². The van der Waals surface area contributed by atoms with Crippen LogP contribution in [0.15, 0.2) is 24.3 Å². The first-order chi connectivity index (χ1) is 9.45. The fraction of sp³-hybridized carbons (Fsp3) is 0.562. The highest BCUT2D eigenvalue weighted by Crippen LogP contribution is 2.48. The largest absolute Gasteiger partial charge is 0.497 e. The van der Waals surface area contributed by atoms with E-state index in [4.69, 9.17) is 9.47 Å². The number of rotatable bonds is 4. The van der Waals surface area contributed by atoms with Gasteiger partial charge in [0.05, 0.1) is 14.2 Å². The number of carbonyl (C=O) groups excluding carboxylic acids is 1. The molecule has 4 nitrogen and oxygen atoms in total. The molecule has 20 heavy (non-hydrogen) atoms. The molecule has 110 valence electrons. The fourth-order valence-electron chi connectivity index (χ4n) is 3.10. The second-order valence-corrected chi connectivity index (χ2v) is 5.99. The summed E-state index contributed by atoms with van der Waals surface area (Å²) >= 11 is 0. The van der Waals surface area contributed by atoms with Crippen molar-refractivity contribution in [1.82, 2.24) is 0 Å². The van der Waals surface area contributed by atoms with Gasteiger partial charge in [0.25, 0.3) is 0 Å². The highest BCUT2D eigenvalue weighted by atomic mass is 16.5. The first kappa shape index (κ1) is 14.7. The first-order valence-corrected chi connectivity index (χ1v) is 6.96. The molecular weight excluding hydrogens is 254 g/mol. The fourth-order valence-corrected chi connectivity index (χ4v) is 3.10. The predicted octanol–water partition coefficient (Wildman–Crippen LogP) is 3.23. The van der Waals surface area contributed by atoms with Crippen LogP contribution in [-0.2, 0) is 9.53 Å². The van der Waals surface area contributed by atoms with E-state index >= 15 is 0 Å². The predicted molar refractivity (Wildman–Crippen MR) is 79.0 cm³/mol. The summed E-state index contributed by atoms with van der Waals surface area (Å²) in [6.07, 6.45) is 2.81. The molecule has 0 spiro atoms. The highest BCUT2D eigenvalue weighted by Gasteiger charge is 2.55. The molecule has 1 aliphatic carbocycles. The molecule has 0 aliphatic heterocycles. The highest BCUT2D eigenvalue weighted by molar-refractivity contribution is 5.86. The molecular formula is C16H23NO3. The molecule has 0 radical (unpaired) electrons. The van der Waals surface area contributed by atoms with E-state index in [2.05, 4.69) is 19.2 Å². The molecule has 2 rings (SSSR count).